The molecule has 1 heterocycles. The van der Waals surface area contributed by atoms with E-state index in [0.717, 1.165) is 17.6 Å². The van der Waals surface area contributed by atoms with Crippen LogP contribution in [0.1, 0.15) is 0 Å². The van der Waals surface area contributed by atoms with Gasteiger partial charge in [0.15, 0.2) is 0 Å². The summed E-state index contributed by atoms with van der Waals surface area (Å²) in [5.41, 5.74) is 2.73. The Labute approximate surface area is 199 Å². The fourth-order valence-electron chi connectivity index (χ4n) is 2.94. The SMILES string of the molecule is COC(=O)Nc1nc2ccc(Oc3ccc(NC(=O)SNc4cccc(OC)c4)cc3)cc2[nH]1. The molecule has 0 aliphatic carbocycles. The fourth-order valence-corrected chi connectivity index (χ4v) is 3.44. The van der Waals surface area contributed by atoms with Crippen molar-refractivity contribution in [2.45, 2.75) is 0 Å². The Bertz CT molecular complexity index is 1310. The third-order valence-electron chi connectivity index (χ3n) is 4.53. The van der Waals surface area contributed by atoms with Gasteiger partial charge in [-0.2, -0.15) is 0 Å². The van der Waals surface area contributed by atoms with Crippen LogP contribution in [0.5, 0.6) is 17.2 Å². The topological polar surface area (TPSA) is 127 Å². The first kappa shape index (κ1) is 22.8. The minimum absolute atomic E-state index is 0.266. The van der Waals surface area contributed by atoms with E-state index < -0.39 is 6.09 Å². The second-order valence-electron chi connectivity index (χ2n) is 6.86. The standard InChI is InChI=1S/C23H21N5O5S/c1-31-17-5-3-4-15(12-17)28-34-23(30)24-14-6-8-16(9-7-14)33-18-10-11-19-20(13-18)26-21(25-19)27-22(29)32-2/h3-13,28H,1-2H3,(H,24,30)(H2,25,26,27,29). The Kier molecular flexibility index (Phi) is 7.04. The number of aromatic amines is 1. The van der Waals surface area contributed by atoms with Crippen LogP contribution < -0.4 is 24.8 Å². The number of anilines is 3. The Morgan fingerprint density at radius 2 is 1.68 bits per heavy atom. The lowest BCUT2D eigenvalue weighted by atomic mass is 10.3. The van der Waals surface area contributed by atoms with Gasteiger partial charge in [0.05, 0.1) is 25.3 Å². The number of rotatable bonds is 7. The van der Waals surface area contributed by atoms with Crippen LogP contribution in [0.25, 0.3) is 11.0 Å². The van der Waals surface area contributed by atoms with E-state index >= 15 is 0 Å². The summed E-state index contributed by atoms with van der Waals surface area (Å²) in [6, 6.07) is 19.6. The van der Waals surface area contributed by atoms with Crippen LogP contribution in [0.3, 0.4) is 0 Å². The Hall–Kier alpha value is -4.38. The number of amides is 2. The van der Waals surface area contributed by atoms with Crippen LogP contribution >= 0.6 is 11.9 Å². The third-order valence-corrected chi connectivity index (χ3v) is 5.15. The van der Waals surface area contributed by atoms with Gasteiger partial charge >= 0.3 is 11.3 Å². The summed E-state index contributed by atoms with van der Waals surface area (Å²) in [5, 5.41) is 5.01. The van der Waals surface area contributed by atoms with E-state index in [0.29, 0.717) is 34.0 Å². The van der Waals surface area contributed by atoms with Gasteiger partial charge in [-0.3, -0.25) is 10.1 Å². The molecule has 4 N–H and O–H groups in total. The van der Waals surface area contributed by atoms with Crippen molar-refractivity contribution in [3.8, 4) is 17.2 Å². The van der Waals surface area contributed by atoms with Crippen molar-refractivity contribution in [2.75, 3.05) is 29.6 Å². The van der Waals surface area contributed by atoms with Gasteiger partial charge in [0.25, 0.3) is 0 Å². The van der Waals surface area contributed by atoms with E-state index in [-0.39, 0.29) is 11.2 Å². The Balaban J connectivity index is 1.32. The molecule has 0 fully saturated rings. The molecule has 0 unspecified atom stereocenters. The zero-order valence-corrected chi connectivity index (χ0v) is 19.1. The number of carbonyl (C=O) groups excluding carboxylic acids is 2. The van der Waals surface area contributed by atoms with E-state index in [1.807, 2.05) is 18.2 Å². The first-order chi connectivity index (χ1) is 16.5. The lowest BCUT2D eigenvalue weighted by molar-refractivity contribution is 0.186. The fraction of sp³-hybridized carbons (Fsp3) is 0.0870. The van der Waals surface area contributed by atoms with Gasteiger partial charge in [-0.1, -0.05) is 6.07 Å². The van der Waals surface area contributed by atoms with Gasteiger partial charge in [0.2, 0.25) is 5.95 Å². The number of carbonyl (C=O) groups is 2. The van der Waals surface area contributed by atoms with Gasteiger partial charge in [-0.25, -0.2) is 9.78 Å². The van der Waals surface area contributed by atoms with E-state index in [2.05, 4.69) is 30.1 Å². The molecule has 0 spiro atoms. The number of aromatic nitrogens is 2. The molecule has 1 aromatic heterocycles. The molecule has 0 saturated carbocycles. The summed E-state index contributed by atoms with van der Waals surface area (Å²) >= 11 is 0.928. The maximum absolute atomic E-state index is 12.2. The van der Waals surface area contributed by atoms with Crippen LogP contribution in [0.2, 0.25) is 0 Å². The van der Waals surface area contributed by atoms with Crippen molar-refractivity contribution in [3.05, 3.63) is 66.7 Å². The molecular weight excluding hydrogens is 458 g/mol. The number of fused-ring (bicyclic) bond motifs is 1. The minimum Gasteiger partial charge on any atom is -0.497 e. The molecule has 10 nitrogen and oxygen atoms in total. The van der Waals surface area contributed by atoms with Crippen LogP contribution in [-0.2, 0) is 4.74 Å². The highest BCUT2D eigenvalue weighted by Crippen LogP contribution is 2.27. The largest absolute Gasteiger partial charge is 0.497 e. The summed E-state index contributed by atoms with van der Waals surface area (Å²) in [7, 11) is 2.86. The average molecular weight is 480 g/mol. The first-order valence-electron chi connectivity index (χ1n) is 10.0. The number of benzene rings is 3. The summed E-state index contributed by atoms with van der Waals surface area (Å²) in [6.45, 7) is 0. The first-order valence-corrected chi connectivity index (χ1v) is 10.8. The molecule has 2 amide bonds. The van der Waals surface area contributed by atoms with Gasteiger partial charge in [-0.05, 0) is 48.5 Å². The third kappa shape index (κ3) is 5.90. The van der Waals surface area contributed by atoms with Crippen molar-refractivity contribution < 1.29 is 23.8 Å². The van der Waals surface area contributed by atoms with Crippen molar-refractivity contribution in [1.82, 2.24) is 9.97 Å². The zero-order chi connectivity index (χ0) is 23.9. The number of imidazole rings is 1. The quantitative estimate of drug-likeness (QED) is 0.244. The van der Waals surface area contributed by atoms with Crippen LogP contribution in [-0.4, -0.2) is 35.5 Å². The van der Waals surface area contributed by atoms with Crippen molar-refractivity contribution in [2.24, 2.45) is 0 Å². The minimum atomic E-state index is -0.614. The predicted octanol–water partition coefficient (Wildman–Crippen LogP) is 5.83. The maximum atomic E-state index is 12.2. The maximum Gasteiger partial charge on any atom is 0.413 e. The van der Waals surface area contributed by atoms with Crippen molar-refractivity contribution in [1.29, 1.82) is 0 Å². The molecule has 0 bridgehead atoms. The van der Waals surface area contributed by atoms with Gasteiger partial charge in [-0.15, -0.1) is 0 Å². The highest BCUT2D eigenvalue weighted by molar-refractivity contribution is 8.15. The molecule has 0 radical (unpaired) electrons. The summed E-state index contributed by atoms with van der Waals surface area (Å²) in [5.74, 6) is 2.15. The number of H-pyrrole nitrogens is 1. The smallest absolute Gasteiger partial charge is 0.413 e. The molecule has 174 valence electrons. The number of hydrogen-bond acceptors (Lipinski definition) is 8. The molecule has 0 atom stereocenters. The zero-order valence-electron chi connectivity index (χ0n) is 18.2. The molecule has 0 aliphatic heterocycles. The van der Waals surface area contributed by atoms with Crippen molar-refractivity contribution in [3.63, 3.8) is 0 Å². The Morgan fingerprint density at radius 3 is 2.44 bits per heavy atom. The van der Waals surface area contributed by atoms with Crippen LogP contribution in [0.4, 0.5) is 26.9 Å². The van der Waals surface area contributed by atoms with Gasteiger partial charge < -0.3 is 29.2 Å². The second kappa shape index (κ2) is 10.5. The summed E-state index contributed by atoms with van der Waals surface area (Å²) in [6.07, 6.45) is -0.614. The molecule has 11 heteroatoms. The summed E-state index contributed by atoms with van der Waals surface area (Å²) in [4.78, 5) is 30.8. The van der Waals surface area contributed by atoms with Crippen molar-refractivity contribution >= 4 is 51.6 Å². The van der Waals surface area contributed by atoms with Crippen LogP contribution in [0.15, 0.2) is 66.7 Å². The number of nitrogens with zero attached hydrogens (tertiary/aromatic N) is 1. The molecule has 0 aliphatic rings. The predicted molar refractivity (Wildman–Crippen MR) is 132 cm³/mol. The molecule has 3 aromatic carbocycles. The van der Waals surface area contributed by atoms with E-state index in [9.17, 15) is 9.59 Å². The Morgan fingerprint density at radius 1 is 0.882 bits per heavy atom. The number of ether oxygens (including phenoxy) is 3. The molecule has 34 heavy (non-hydrogen) atoms. The number of methoxy groups -OCH3 is 2. The highest BCUT2D eigenvalue weighted by Gasteiger charge is 2.09. The average Bonchev–Trinajstić information content (AvgIpc) is 3.25. The molecule has 0 saturated heterocycles. The van der Waals surface area contributed by atoms with E-state index in [1.54, 1.807) is 55.6 Å². The van der Waals surface area contributed by atoms with E-state index in [4.69, 9.17) is 9.47 Å². The summed E-state index contributed by atoms with van der Waals surface area (Å²) < 4.78 is 18.6. The second-order valence-corrected chi connectivity index (χ2v) is 7.63. The number of hydrogen-bond donors (Lipinski definition) is 4. The molecular formula is C23H21N5O5S. The monoisotopic (exact) mass is 479 g/mol. The highest BCUT2D eigenvalue weighted by atomic mass is 32.2. The van der Waals surface area contributed by atoms with Gasteiger partial charge in [0, 0.05) is 35.5 Å². The van der Waals surface area contributed by atoms with Crippen LogP contribution in [0, 0.1) is 0 Å². The van der Waals surface area contributed by atoms with E-state index in [1.165, 1.54) is 7.11 Å². The molecule has 4 rings (SSSR count). The normalized spacial score (nSPS) is 10.4. The molecule has 4 aromatic rings. The lowest BCUT2D eigenvalue weighted by Gasteiger charge is -2.09. The van der Waals surface area contributed by atoms with Gasteiger partial charge in [0.1, 0.15) is 17.2 Å². The number of nitrogens with one attached hydrogen (secondary N) is 4. The lowest BCUT2D eigenvalue weighted by Crippen LogP contribution is -2.11.